The Morgan fingerprint density at radius 1 is 1.00 bits per heavy atom. The second kappa shape index (κ2) is 10.6. The zero-order valence-electron chi connectivity index (χ0n) is 17.5. The van der Waals surface area contributed by atoms with Gasteiger partial charge in [0.1, 0.15) is 6.04 Å². The number of nitrogens with one attached hydrogen (secondary N) is 1. The van der Waals surface area contributed by atoms with Crippen molar-refractivity contribution < 1.29 is 9.59 Å². The SMILES string of the molecule is CCCNC(=O)C(CC)N(Cc1ccc(C)cc1)C(=O)Cc1ccccc1C. The molecule has 0 bridgehead atoms. The minimum atomic E-state index is -0.468. The Kier molecular flexibility index (Phi) is 8.24. The molecule has 1 unspecified atom stereocenters. The summed E-state index contributed by atoms with van der Waals surface area (Å²) >= 11 is 0. The molecule has 1 N–H and O–H groups in total. The molecule has 150 valence electrons. The topological polar surface area (TPSA) is 49.4 Å². The highest BCUT2D eigenvalue weighted by molar-refractivity contribution is 5.88. The summed E-state index contributed by atoms with van der Waals surface area (Å²) in [4.78, 5) is 27.7. The van der Waals surface area contributed by atoms with Gasteiger partial charge >= 0.3 is 0 Å². The Morgan fingerprint density at radius 3 is 2.29 bits per heavy atom. The van der Waals surface area contributed by atoms with E-state index in [1.165, 1.54) is 5.56 Å². The van der Waals surface area contributed by atoms with E-state index in [4.69, 9.17) is 0 Å². The van der Waals surface area contributed by atoms with Gasteiger partial charge < -0.3 is 10.2 Å². The van der Waals surface area contributed by atoms with Gasteiger partial charge in [0.25, 0.3) is 0 Å². The van der Waals surface area contributed by atoms with Gasteiger partial charge in [0, 0.05) is 13.1 Å². The molecular formula is C24H32N2O2. The molecular weight excluding hydrogens is 348 g/mol. The van der Waals surface area contributed by atoms with Crippen LogP contribution in [0.3, 0.4) is 0 Å². The third-order valence-electron chi connectivity index (χ3n) is 5.01. The lowest BCUT2D eigenvalue weighted by atomic mass is 10.0. The van der Waals surface area contributed by atoms with Gasteiger partial charge in [-0.25, -0.2) is 0 Å². The van der Waals surface area contributed by atoms with Crippen molar-refractivity contribution in [2.45, 2.75) is 59.5 Å². The third-order valence-corrected chi connectivity index (χ3v) is 5.01. The van der Waals surface area contributed by atoms with Gasteiger partial charge in [0.15, 0.2) is 0 Å². The summed E-state index contributed by atoms with van der Waals surface area (Å²) in [6.45, 7) is 9.09. The fourth-order valence-corrected chi connectivity index (χ4v) is 3.25. The molecule has 0 aromatic heterocycles. The lowest BCUT2D eigenvalue weighted by molar-refractivity contribution is -0.140. The average Bonchev–Trinajstić information content (AvgIpc) is 2.69. The molecule has 0 aliphatic rings. The zero-order chi connectivity index (χ0) is 20.5. The molecule has 2 aromatic carbocycles. The first kappa shape index (κ1) is 21.7. The molecule has 0 fully saturated rings. The molecule has 0 heterocycles. The Hall–Kier alpha value is -2.62. The molecule has 0 spiro atoms. The van der Waals surface area contributed by atoms with Crippen LogP contribution >= 0.6 is 0 Å². The first-order valence-electron chi connectivity index (χ1n) is 10.1. The number of benzene rings is 2. The number of aryl methyl sites for hydroxylation is 2. The molecule has 28 heavy (non-hydrogen) atoms. The highest BCUT2D eigenvalue weighted by Crippen LogP contribution is 2.16. The van der Waals surface area contributed by atoms with Crippen molar-refractivity contribution >= 4 is 11.8 Å². The minimum absolute atomic E-state index is 0.0200. The maximum Gasteiger partial charge on any atom is 0.242 e. The highest BCUT2D eigenvalue weighted by atomic mass is 16.2. The Bertz CT molecular complexity index is 783. The van der Waals surface area contributed by atoms with Gasteiger partial charge in [-0.05, 0) is 43.4 Å². The predicted molar refractivity (Wildman–Crippen MR) is 114 cm³/mol. The van der Waals surface area contributed by atoms with Gasteiger partial charge in [-0.15, -0.1) is 0 Å². The number of carbonyl (C=O) groups excluding carboxylic acids is 2. The van der Waals surface area contributed by atoms with Crippen molar-refractivity contribution in [3.8, 4) is 0 Å². The molecule has 0 aliphatic heterocycles. The van der Waals surface area contributed by atoms with Crippen LogP contribution in [0.15, 0.2) is 48.5 Å². The summed E-state index contributed by atoms with van der Waals surface area (Å²) in [5.74, 6) is -0.0945. The van der Waals surface area contributed by atoms with Crippen molar-refractivity contribution in [3.05, 3.63) is 70.8 Å². The maximum absolute atomic E-state index is 13.3. The molecule has 2 amide bonds. The first-order chi connectivity index (χ1) is 13.5. The number of hydrogen-bond acceptors (Lipinski definition) is 2. The number of rotatable bonds is 9. The monoisotopic (exact) mass is 380 g/mol. The summed E-state index contributed by atoms with van der Waals surface area (Å²) in [6.07, 6.45) is 1.76. The van der Waals surface area contributed by atoms with Crippen LogP contribution in [0.25, 0.3) is 0 Å². The molecule has 4 nitrogen and oxygen atoms in total. The molecule has 0 saturated heterocycles. The van der Waals surface area contributed by atoms with Crippen LogP contribution in [0.2, 0.25) is 0 Å². The molecule has 0 saturated carbocycles. The van der Waals surface area contributed by atoms with E-state index in [0.717, 1.165) is 23.1 Å². The first-order valence-corrected chi connectivity index (χ1v) is 10.1. The van der Waals surface area contributed by atoms with E-state index < -0.39 is 6.04 Å². The second-order valence-electron chi connectivity index (χ2n) is 7.33. The van der Waals surface area contributed by atoms with Gasteiger partial charge in [-0.3, -0.25) is 9.59 Å². The average molecular weight is 381 g/mol. The summed E-state index contributed by atoms with van der Waals surface area (Å²) in [5, 5.41) is 2.96. The van der Waals surface area contributed by atoms with Crippen molar-refractivity contribution in [1.82, 2.24) is 10.2 Å². The predicted octanol–water partition coefficient (Wildman–Crippen LogP) is 4.18. The van der Waals surface area contributed by atoms with Crippen LogP contribution in [-0.4, -0.2) is 29.3 Å². The number of nitrogens with zero attached hydrogens (tertiary/aromatic N) is 1. The van der Waals surface area contributed by atoms with Crippen LogP contribution in [0, 0.1) is 13.8 Å². The Morgan fingerprint density at radius 2 is 1.68 bits per heavy atom. The van der Waals surface area contributed by atoms with E-state index in [2.05, 4.69) is 5.32 Å². The number of hydrogen-bond donors (Lipinski definition) is 1. The van der Waals surface area contributed by atoms with E-state index in [1.54, 1.807) is 4.90 Å². The summed E-state index contributed by atoms with van der Waals surface area (Å²) in [5.41, 5.74) is 4.31. The van der Waals surface area contributed by atoms with Gasteiger partial charge in [-0.2, -0.15) is 0 Å². The molecule has 1 atom stereocenters. The molecule has 2 rings (SSSR count). The zero-order valence-corrected chi connectivity index (χ0v) is 17.5. The quantitative estimate of drug-likeness (QED) is 0.709. The highest BCUT2D eigenvalue weighted by Gasteiger charge is 2.28. The summed E-state index contributed by atoms with van der Waals surface area (Å²) < 4.78 is 0. The second-order valence-corrected chi connectivity index (χ2v) is 7.33. The van der Waals surface area contributed by atoms with Gasteiger partial charge in [-0.1, -0.05) is 67.9 Å². The Labute approximate surface area is 169 Å². The van der Waals surface area contributed by atoms with E-state index in [-0.39, 0.29) is 11.8 Å². The van der Waals surface area contributed by atoms with Gasteiger partial charge in [0.2, 0.25) is 11.8 Å². The largest absolute Gasteiger partial charge is 0.354 e. The maximum atomic E-state index is 13.3. The van der Waals surface area contributed by atoms with Crippen LogP contribution in [0.5, 0.6) is 0 Å². The van der Waals surface area contributed by atoms with Crippen molar-refractivity contribution in [3.63, 3.8) is 0 Å². The van der Waals surface area contributed by atoms with E-state index >= 15 is 0 Å². The standard InChI is InChI=1S/C24H32N2O2/c1-5-15-25-24(28)22(6-2)26(17-20-13-11-18(3)12-14-20)23(27)16-21-10-8-7-9-19(21)4/h7-14,22H,5-6,15-17H2,1-4H3,(H,25,28). The Balaban J connectivity index is 2.27. The van der Waals surface area contributed by atoms with Gasteiger partial charge in [0.05, 0.1) is 6.42 Å². The van der Waals surface area contributed by atoms with Crippen LogP contribution < -0.4 is 5.32 Å². The fraction of sp³-hybridized carbons (Fsp3) is 0.417. The number of amides is 2. The lowest BCUT2D eigenvalue weighted by Gasteiger charge is -2.31. The molecule has 2 aromatic rings. The number of carbonyl (C=O) groups is 2. The smallest absolute Gasteiger partial charge is 0.242 e. The van der Waals surface area contributed by atoms with E-state index in [0.29, 0.717) is 25.9 Å². The lowest BCUT2D eigenvalue weighted by Crippen LogP contribution is -2.49. The summed E-state index contributed by atoms with van der Waals surface area (Å²) in [7, 11) is 0. The third kappa shape index (κ3) is 5.95. The van der Waals surface area contributed by atoms with E-state index in [1.807, 2.05) is 76.2 Å². The normalized spacial score (nSPS) is 11.7. The molecule has 4 heteroatoms. The minimum Gasteiger partial charge on any atom is -0.354 e. The van der Waals surface area contributed by atoms with Crippen molar-refractivity contribution in [2.75, 3.05) is 6.54 Å². The van der Waals surface area contributed by atoms with Crippen LogP contribution in [0.1, 0.15) is 48.9 Å². The van der Waals surface area contributed by atoms with Crippen molar-refractivity contribution in [2.24, 2.45) is 0 Å². The summed E-state index contributed by atoms with van der Waals surface area (Å²) in [6, 6.07) is 15.6. The fourth-order valence-electron chi connectivity index (χ4n) is 3.25. The molecule has 0 radical (unpaired) electrons. The van der Waals surface area contributed by atoms with E-state index in [9.17, 15) is 9.59 Å². The van der Waals surface area contributed by atoms with Crippen LogP contribution in [-0.2, 0) is 22.6 Å². The molecule has 0 aliphatic carbocycles. The van der Waals surface area contributed by atoms with Crippen LogP contribution in [0.4, 0.5) is 0 Å². The van der Waals surface area contributed by atoms with Crippen molar-refractivity contribution in [1.29, 1.82) is 0 Å².